The number of hydrogen-bond acceptors (Lipinski definition) is 4. The second-order valence-corrected chi connectivity index (χ2v) is 6.46. The van der Waals surface area contributed by atoms with Gasteiger partial charge in [0.1, 0.15) is 18.4 Å². The molecule has 120 valence electrons. The lowest BCUT2D eigenvalue weighted by molar-refractivity contribution is -0.139. The monoisotopic (exact) mass is 306 g/mol. The third-order valence-corrected chi connectivity index (χ3v) is 5.06. The van der Waals surface area contributed by atoms with E-state index in [2.05, 4.69) is 10.3 Å². The van der Waals surface area contributed by atoms with Crippen LogP contribution >= 0.6 is 0 Å². The van der Waals surface area contributed by atoms with E-state index in [-0.39, 0.29) is 11.3 Å². The van der Waals surface area contributed by atoms with Gasteiger partial charge in [-0.15, -0.1) is 0 Å². The number of aryl methyl sites for hydroxylation is 1. The first-order valence-electron chi connectivity index (χ1n) is 7.71. The van der Waals surface area contributed by atoms with Gasteiger partial charge < -0.3 is 19.9 Å². The normalized spacial score (nSPS) is 23.9. The number of amides is 1. The zero-order valence-electron chi connectivity index (χ0n) is 12.8. The number of piperidine rings is 1. The number of nitrogens with zero attached hydrogens (tertiary/aromatic N) is 3. The Morgan fingerprint density at radius 2 is 2.18 bits per heavy atom. The van der Waals surface area contributed by atoms with Crippen LogP contribution in [0.15, 0.2) is 12.4 Å². The van der Waals surface area contributed by atoms with E-state index in [0.29, 0.717) is 26.1 Å². The molecular weight excluding hydrogens is 284 g/mol. The molecule has 1 aromatic rings. The lowest BCUT2D eigenvalue weighted by Crippen LogP contribution is -2.45. The molecule has 0 radical (unpaired) electrons. The highest BCUT2D eigenvalue weighted by atomic mass is 16.4. The summed E-state index contributed by atoms with van der Waals surface area (Å²) in [5, 5.41) is 12.2. The standard InChI is InChI=1S/C15H22N4O3/c1-11-16-4-7-19(11)9-13(20)18-5-2-15(3-6-18)8-12(14(21)22)17-10-15/h4,7,12,17H,2-3,5-6,8-10H2,1H3,(H,21,22). The smallest absolute Gasteiger partial charge is 0.320 e. The maximum Gasteiger partial charge on any atom is 0.320 e. The van der Waals surface area contributed by atoms with Crippen LogP contribution in [0.3, 0.4) is 0 Å². The average molecular weight is 306 g/mol. The van der Waals surface area contributed by atoms with Crippen LogP contribution in [0.5, 0.6) is 0 Å². The Balaban J connectivity index is 1.55. The minimum absolute atomic E-state index is 0.0464. The maximum atomic E-state index is 12.4. The largest absolute Gasteiger partial charge is 0.480 e. The van der Waals surface area contributed by atoms with Gasteiger partial charge in [-0.25, -0.2) is 4.98 Å². The molecule has 1 spiro atoms. The van der Waals surface area contributed by atoms with Gasteiger partial charge in [-0.3, -0.25) is 9.59 Å². The number of nitrogens with one attached hydrogen (secondary N) is 1. The van der Waals surface area contributed by atoms with Crippen molar-refractivity contribution in [1.82, 2.24) is 19.8 Å². The number of carboxylic acid groups (broad SMARTS) is 1. The molecule has 7 heteroatoms. The molecule has 2 saturated heterocycles. The van der Waals surface area contributed by atoms with Gasteiger partial charge in [0.25, 0.3) is 0 Å². The number of imidazole rings is 1. The minimum atomic E-state index is -0.772. The Morgan fingerprint density at radius 1 is 1.45 bits per heavy atom. The number of aliphatic carboxylic acids is 1. The van der Waals surface area contributed by atoms with E-state index in [1.54, 1.807) is 6.20 Å². The highest BCUT2D eigenvalue weighted by Crippen LogP contribution is 2.39. The molecule has 0 saturated carbocycles. The Labute approximate surface area is 129 Å². The Bertz CT molecular complexity index is 575. The van der Waals surface area contributed by atoms with Crippen molar-refractivity contribution in [2.45, 2.75) is 38.8 Å². The van der Waals surface area contributed by atoms with E-state index in [0.717, 1.165) is 25.2 Å². The third-order valence-electron chi connectivity index (χ3n) is 5.06. The molecule has 1 unspecified atom stereocenters. The quantitative estimate of drug-likeness (QED) is 0.835. The SMILES string of the molecule is Cc1nccn1CC(=O)N1CCC2(CC1)CNC(C(=O)O)C2. The number of carbonyl (C=O) groups excluding carboxylic acids is 1. The van der Waals surface area contributed by atoms with Gasteiger partial charge in [0.05, 0.1) is 0 Å². The molecule has 3 heterocycles. The second-order valence-electron chi connectivity index (χ2n) is 6.46. The minimum Gasteiger partial charge on any atom is -0.480 e. The number of carbonyl (C=O) groups is 2. The van der Waals surface area contributed by atoms with Crippen LogP contribution in [-0.2, 0) is 16.1 Å². The molecule has 0 aliphatic carbocycles. The first kappa shape index (κ1) is 15.0. The maximum absolute atomic E-state index is 12.4. The predicted octanol–water partition coefficient (Wildman–Crippen LogP) is 0.247. The number of rotatable bonds is 3. The van der Waals surface area contributed by atoms with E-state index in [1.807, 2.05) is 22.6 Å². The van der Waals surface area contributed by atoms with Gasteiger partial charge in [-0.2, -0.15) is 0 Å². The van der Waals surface area contributed by atoms with Crippen molar-refractivity contribution in [1.29, 1.82) is 0 Å². The molecule has 3 rings (SSSR count). The van der Waals surface area contributed by atoms with Crippen molar-refractivity contribution >= 4 is 11.9 Å². The van der Waals surface area contributed by atoms with Crippen LogP contribution in [0, 0.1) is 12.3 Å². The summed E-state index contributed by atoms with van der Waals surface area (Å²) in [7, 11) is 0. The van der Waals surface area contributed by atoms with E-state index in [1.165, 1.54) is 0 Å². The summed E-state index contributed by atoms with van der Waals surface area (Å²) in [5.41, 5.74) is 0.0464. The Hall–Kier alpha value is -1.89. The molecule has 2 fully saturated rings. The molecule has 0 bridgehead atoms. The summed E-state index contributed by atoms with van der Waals surface area (Å²) in [4.78, 5) is 29.4. The first-order valence-corrected chi connectivity index (χ1v) is 7.71. The van der Waals surface area contributed by atoms with Crippen LogP contribution in [0.4, 0.5) is 0 Å². The molecule has 0 aromatic carbocycles. The topological polar surface area (TPSA) is 87.5 Å². The second kappa shape index (κ2) is 5.72. The molecule has 2 aliphatic rings. The van der Waals surface area contributed by atoms with Crippen molar-refractivity contribution in [3.8, 4) is 0 Å². The summed E-state index contributed by atoms with van der Waals surface area (Å²) in [5.74, 6) is 0.175. The highest BCUT2D eigenvalue weighted by molar-refractivity contribution is 5.76. The molecule has 2 aliphatic heterocycles. The molecule has 1 amide bonds. The van der Waals surface area contributed by atoms with Gasteiger partial charge in [0.2, 0.25) is 5.91 Å². The zero-order valence-corrected chi connectivity index (χ0v) is 12.8. The summed E-state index contributed by atoms with van der Waals surface area (Å²) in [6.45, 7) is 4.37. The highest BCUT2D eigenvalue weighted by Gasteiger charge is 2.44. The van der Waals surface area contributed by atoms with Crippen molar-refractivity contribution in [2.24, 2.45) is 5.41 Å². The lowest BCUT2D eigenvalue weighted by atomic mass is 9.76. The van der Waals surface area contributed by atoms with E-state index >= 15 is 0 Å². The predicted molar refractivity (Wildman–Crippen MR) is 79.3 cm³/mol. The first-order chi connectivity index (χ1) is 10.5. The average Bonchev–Trinajstić information content (AvgIpc) is 3.08. The van der Waals surface area contributed by atoms with E-state index < -0.39 is 12.0 Å². The Kier molecular flexibility index (Phi) is 3.90. The van der Waals surface area contributed by atoms with Gasteiger partial charge in [-0.05, 0) is 31.6 Å². The van der Waals surface area contributed by atoms with Crippen molar-refractivity contribution in [2.75, 3.05) is 19.6 Å². The fraction of sp³-hybridized carbons (Fsp3) is 0.667. The summed E-state index contributed by atoms with van der Waals surface area (Å²) >= 11 is 0. The third kappa shape index (κ3) is 2.85. The molecule has 1 aromatic heterocycles. The number of likely N-dealkylation sites (tertiary alicyclic amines) is 1. The lowest BCUT2D eigenvalue weighted by Gasteiger charge is -2.39. The van der Waals surface area contributed by atoms with Crippen LogP contribution in [0.25, 0.3) is 0 Å². The van der Waals surface area contributed by atoms with Crippen LogP contribution in [-0.4, -0.2) is 57.1 Å². The van der Waals surface area contributed by atoms with Crippen LogP contribution in [0.2, 0.25) is 0 Å². The molecule has 22 heavy (non-hydrogen) atoms. The van der Waals surface area contributed by atoms with Gasteiger partial charge in [0.15, 0.2) is 0 Å². The summed E-state index contributed by atoms with van der Waals surface area (Å²) in [6, 6.07) is -0.434. The van der Waals surface area contributed by atoms with E-state index in [9.17, 15) is 9.59 Å². The molecular formula is C15H22N4O3. The molecule has 2 N–H and O–H groups in total. The van der Waals surface area contributed by atoms with E-state index in [4.69, 9.17) is 5.11 Å². The van der Waals surface area contributed by atoms with Gasteiger partial charge >= 0.3 is 5.97 Å². The number of hydrogen-bond donors (Lipinski definition) is 2. The molecule has 1 atom stereocenters. The van der Waals surface area contributed by atoms with Crippen LogP contribution < -0.4 is 5.32 Å². The van der Waals surface area contributed by atoms with Crippen LogP contribution in [0.1, 0.15) is 25.1 Å². The summed E-state index contributed by atoms with van der Waals surface area (Å²) in [6.07, 6.45) is 5.93. The number of carboxylic acids is 1. The Morgan fingerprint density at radius 3 is 2.73 bits per heavy atom. The fourth-order valence-corrected chi connectivity index (χ4v) is 3.52. The summed E-state index contributed by atoms with van der Waals surface area (Å²) < 4.78 is 1.85. The molecule has 7 nitrogen and oxygen atoms in total. The van der Waals surface area contributed by atoms with Gasteiger partial charge in [0, 0.05) is 32.0 Å². The zero-order chi connectivity index (χ0) is 15.7. The van der Waals surface area contributed by atoms with Crippen molar-refractivity contribution in [3.63, 3.8) is 0 Å². The van der Waals surface area contributed by atoms with Gasteiger partial charge in [-0.1, -0.05) is 0 Å². The van der Waals surface area contributed by atoms with Crippen molar-refractivity contribution < 1.29 is 14.7 Å². The van der Waals surface area contributed by atoms with Crippen molar-refractivity contribution in [3.05, 3.63) is 18.2 Å². The fourth-order valence-electron chi connectivity index (χ4n) is 3.52. The number of aromatic nitrogens is 2.